The van der Waals surface area contributed by atoms with Crippen molar-refractivity contribution in [2.75, 3.05) is 18.5 Å². The Kier molecular flexibility index (Phi) is 6.86. The highest BCUT2D eigenvalue weighted by Crippen LogP contribution is 2.44. The molecular weight excluding hydrogens is 398 g/mol. The first-order valence-corrected chi connectivity index (χ1v) is 11.4. The van der Waals surface area contributed by atoms with E-state index in [9.17, 15) is 9.59 Å². The van der Waals surface area contributed by atoms with Crippen molar-refractivity contribution in [3.05, 3.63) is 45.8 Å². The third-order valence-electron chi connectivity index (χ3n) is 5.63. The monoisotopic (exact) mass is 429 g/mol. The fourth-order valence-corrected chi connectivity index (χ4v) is 5.25. The summed E-state index contributed by atoms with van der Waals surface area (Å²) in [4.78, 5) is 27.0. The van der Waals surface area contributed by atoms with Crippen LogP contribution in [0.5, 0.6) is 5.75 Å². The van der Waals surface area contributed by atoms with Gasteiger partial charge in [-0.25, -0.2) is 4.79 Å². The molecule has 1 amide bonds. The lowest BCUT2D eigenvalue weighted by molar-refractivity contribution is 0.0526. The lowest BCUT2D eigenvalue weighted by Gasteiger charge is -2.33. The first-order valence-electron chi connectivity index (χ1n) is 10.6. The Balaban J connectivity index is 1.95. The summed E-state index contributed by atoms with van der Waals surface area (Å²) >= 11 is 1.50. The normalized spacial score (nSPS) is 16.0. The average Bonchev–Trinajstić information content (AvgIpc) is 3.05. The van der Waals surface area contributed by atoms with E-state index in [4.69, 9.17) is 9.47 Å². The van der Waals surface area contributed by atoms with E-state index in [1.165, 1.54) is 16.2 Å². The quantitative estimate of drug-likeness (QED) is 0.596. The molecule has 30 heavy (non-hydrogen) atoms. The third kappa shape index (κ3) is 4.69. The van der Waals surface area contributed by atoms with E-state index in [0.29, 0.717) is 41.0 Å². The number of carbonyl (C=O) groups excluding carboxylic acids is 2. The van der Waals surface area contributed by atoms with Crippen LogP contribution in [0.3, 0.4) is 0 Å². The lowest BCUT2D eigenvalue weighted by Crippen LogP contribution is -2.26. The van der Waals surface area contributed by atoms with Gasteiger partial charge in [0.1, 0.15) is 10.8 Å². The fourth-order valence-electron chi connectivity index (χ4n) is 3.94. The number of amides is 1. The minimum absolute atomic E-state index is 0.200. The van der Waals surface area contributed by atoms with Gasteiger partial charge in [-0.1, -0.05) is 32.9 Å². The predicted molar refractivity (Wildman–Crippen MR) is 121 cm³/mol. The zero-order chi connectivity index (χ0) is 21.9. The third-order valence-corrected chi connectivity index (χ3v) is 6.80. The van der Waals surface area contributed by atoms with Gasteiger partial charge in [-0.2, -0.15) is 0 Å². The largest absolute Gasteiger partial charge is 0.493 e. The molecule has 1 N–H and O–H groups in total. The maximum Gasteiger partial charge on any atom is 0.341 e. The standard InChI is InChI=1S/C24H31NO4S/c1-6-28-18-11-9-8-10-16(18)21(26)25-22-20(23(27)29-7-2)17-13-12-15(24(3,4)5)14-19(17)30-22/h8-11,15H,6-7,12-14H2,1-5H3,(H,25,26). The van der Waals surface area contributed by atoms with Crippen molar-refractivity contribution in [2.24, 2.45) is 11.3 Å². The maximum absolute atomic E-state index is 13.0. The topological polar surface area (TPSA) is 64.6 Å². The Bertz CT molecular complexity index is 926. The highest BCUT2D eigenvalue weighted by atomic mass is 32.1. The Morgan fingerprint density at radius 2 is 1.90 bits per heavy atom. The van der Waals surface area contributed by atoms with Crippen molar-refractivity contribution in [3.63, 3.8) is 0 Å². The summed E-state index contributed by atoms with van der Waals surface area (Å²) in [6.07, 6.45) is 2.77. The molecule has 0 saturated carbocycles. The summed E-state index contributed by atoms with van der Waals surface area (Å²) in [5.74, 6) is 0.429. The second kappa shape index (κ2) is 9.21. The summed E-state index contributed by atoms with van der Waals surface area (Å²) in [6, 6.07) is 7.14. The molecule has 0 radical (unpaired) electrons. The Labute approximate surface area is 182 Å². The molecule has 1 unspecified atom stereocenters. The smallest absolute Gasteiger partial charge is 0.341 e. The van der Waals surface area contributed by atoms with Crippen molar-refractivity contribution >= 4 is 28.2 Å². The van der Waals surface area contributed by atoms with Gasteiger partial charge in [0.2, 0.25) is 0 Å². The van der Waals surface area contributed by atoms with E-state index >= 15 is 0 Å². The molecule has 1 aliphatic carbocycles. The van der Waals surface area contributed by atoms with Gasteiger partial charge in [0.25, 0.3) is 5.91 Å². The number of fused-ring (bicyclic) bond motifs is 1. The van der Waals surface area contributed by atoms with Crippen molar-refractivity contribution in [2.45, 2.75) is 53.9 Å². The molecule has 162 valence electrons. The van der Waals surface area contributed by atoms with E-state index in [1.54, 1.807) is 25.1 Å². The number of thiophene rings is 1. The van der Waals surface area contributed by atoms with Crippen LogP contribution in [0.1, 0.15) is 72.2 Å². The number of carbonyl (C=O) groups is 2. The van der Waals surface area contributed by atoms with Crippen LogP contribution in [0.2, 0.25) is 0 Å². The molecule has 1 heterocycles. The minimum atomic E-state index is -0.363. The zero-order valence-electron chi connectivity index (χ0n) is 18.5. The second-order valence-electron chi connectivity index (χ2n) is 8.62. The van der Waals surface area contributed by atoms with E-state index in [1.807, 2.05) is 13.0 Å². The zero-order valence-corrected chi connectivity index (χ0v) is 19.3. The summed E-state index contributed by atoms with van der Waals surface area (Å²) in [7, 11) is 0. The number of rotatable bonds is 6. The van der Waals surface area contributed by atoms with Crippen LogP contribution in [0.25, 0.3) is 0 Å². The maximum atomic E-state index is 13.0. The Hall–Kier alpha value is -2.34. The highest BCUT2D eigenvalue weighted by Gasteiger charge is 2.34. The first-order chi connectivity index (χ1) is 14.3. The number of benzene rings is 1. The molecule has 0 bridgehead atoms. The van der Waals surface area contributed by atoms with Crippen LogP contribution < -0.4 is 10.1 Å². The summed E-state index contributed by atoms with van der Waals surface area (Å²) < 4.78 is 10.9. The number of hydrogen-bond donors (Lipinski definition) is 1. The lowest BCUT2D eigenvalue weighted by atomic mass is 9.72. The number of nitrogens with one attached hydrogen (secondary N) is 1. The van der Waals surface area contributed by atoms with Crippen molar-refractivity contribution in [1.82, 2.24) is 0 Å². The molecule has 0 fully saturated rings. The van der Waals surface area contributed by atoms with E-state index in [-0.39, 0.29) is 17.3 Å². The fraction of sp³-hybridized carbons (Fsp3) is 0.500. The summed E-state index contributed by atoms with van der Waals surface area (Å²) in [5.41, 5.74) is 2.21. The minimum Gasteiger partial charge on any atom is -0.493 e. The number of ether oxygens (including phenoxy) is 2. The molecule has 1 aromatic heterocycles. The number of esters is 1. The molecule has 5 nitrogen and oxygen atoms in total. The number of para-hydroxylation sites is 1. The van der Waals surface area contributed by atoms with Gasteiger partial charge >= 0.3 is 5.97 Å². The average molecular weight is 430 g/mol. The van der Waals surface area contributed by atoms with Crippen LogP contribution in [0, 0.1) is 11.3 Å². The predicted octanol–water partition coefficient (Wildman–Crippen LogP) is 5.73. The van der Waals surface area contributed by atoms with Crippen LogP contribution in [0.15, 0.2) is 24.3 Å². The molecular formula is C24H31NO4S. The molecule has 1 aliphatic rings. The molecule has 0 spiro atoms. The Morgan fingerprint density at radius 3 is 2.57 bits per heavy atom. The molecule has 1 aromatic carbocycles. The summed E-state index contributed by atoms with van der Waals surface area (Å²) in [6.45, 7) is 11.2. The van der Waals surface area contributed by atoms with Gasteiger partial charge in [0, 0.05) is 4.88 Å². The van der Waals surface area contributed by atoms with Gasteiger partial charge in [-0.15, -0.1) is 11.3 Å². The molecule has 3 rings (SSSR count). The molecule has 6 heteroatoms. The number of hydrogen-bond acceptors (Lipinski definition) is 5. The van der Waals surface area contributed by atoms with Gasteiger partial charge in [0.05, 0.1) is 24.3 Å². The second-order valence-corrected chi connectivity index (χ2v) is 9.72. The van der Waals surface area contributed by atoms with Gasteiger partial charge in [-0.3, -0.25) is 4.79 Å². The van der Waals surface area contributed by atoms with E-state index in [2.05, 4.69) is 26.1 Å². The van der Waals surface area contributed by atoms with Crippen LogP contribution >= 0.6 is 11.3 Å². The highest BCUT2D eigenvalue weighted by molar-refractivity contribution is 7.17. The number of anilines is 1. The van der Waals surface area contributed by atoms with Crippen LogP contribution in [-0.2, 0) is 17.6 Å². The first kappa shape index (κ1) is 22.3. The van der Waals surface area contributed by atoms with Gasteiger partial charge in [-0.05, 0) is 62.1 Å². The van der Waals surface area contributed by atoms with Crippen molar-refractivity contribution in [1.29, 1.82) is 0 Å². The van der Waals surface area contributed by atoms with Crippen LogP contribution in [0.4, 0.5) is 5.00 Å². The van der Waals surface area contributed by atoms with E-state index in [0.717, 1.165) is 24.8 Å². The van der Waals surface area contributed by atoms with Crippen molar-refractivity contribution in [3.8, 4) is 5.75 Å². The van der Waals surface area contributed by atoms with Crippen molar-refractivity contribution < 1.29 is 19.1 Å². The SMILES string of the molecule is CCOC(=O)c1c(NC(=O)c2ccccc2OCC)sc2c1CCC(C(C)(C)C)C2. The summed E-state index contributed by atoms with van der Waals surface area (Å²) in [5, 5.41) is 3.55. The van der Waals surface area contributed by atoms with E-state index < -0.39 is 0 Å². The molecule has 2 aromatic rings. The van der Waals surface area contributed by atoms with Gasteiger partial charge in [0.15, 0.2) is 0 Å². The van der Waals surface area contributed by atoms with Crippen LogP contribution in [-0.4, -0.2) is 25.1 Å². The Morgan fingerprint density at radius 1 is 1.17 bits per heavy atom. The molecule has 1 atom stereocenters. The van der Waals surface area contributed by atoms with Gasteiger partial charge < -0.3 is 14.8 Å². The molecule has 0 aliphatic heterocycles. The molecule has 0 saturated heterocycles.